The van der Waals surface area contributed by atoms with Crippen LogP contribution < -0.4 is 10.1 Å². The number of hydrogen-bond acceptors (Lipinski definition) is 4. The summed E-state index contributed by atoms with van der Waals surface area (Å²) >= 11 is 1.49. The van der Waals surface area contributed by atoms with Gasteiger partial charge in [-0.05, 0) is 49.3 Å². The molecule has 0 radical (unpaired) electrons. The molecule has 0 fully saturated rings. The van der Waals surface area contributed by atoms with Gasteiger partial charge in [-0.15, -0.1) is 0 Å². The number of carbonyl (C=O) groups excluding carboxylic acids is 1. The Morgan fingerprint density at radius 2 is 2.05 bits per heavy atom. The van der Waals surface area contributed by atoms with Crippen molar-refractivity contribution in [3.63, 3.8) is 0 Å². The molecule has 1 amide bonds. The van der Waals surface area contributed by atoms with Crippen molar-refractivity contribution in [1.29, 1.82) is 0 Å². The average molecular weight is 311 g/mol. The maximum atomic E-state index is 10.8. The highest BCUT2D eigenvalue weighted by Gasteiger charge is 2.15. The number of carboxylic acid groups (broad SMARTS) is 1. The van der Waals surface area contributed by atoms with Gasteiger partial charge in [0, 0.05) is 5.75 Å². The Bertz CT molecular complexity index is 458. The molecule has 0 spiro atoms. The molecule has 1 unspecified atom stereocenters. The summed E-state index contributed by atoms with van der Waals surface area (Å²) in [5, 5.41) is 11.1. The van der Waals surface area contributed by atoms with Crippen LogP contribution >= 0.6 is 11.8 Å². The number of carboxylic acids is 1. The van der Waals surface area contributed by atoms with Crippen molar-refractivity contribution < 1.29 is 19.4 Å². The minimum Gasteiger partial charge on any atom is -0.494 e. The van der Waals surface area contributed by atoms with E-state index in [1.165, 1.54) is 22.9 Å². The SMILES string of the molecule is Cc1cc(C)cc(OCCCSCC(NC=O)C(=O)O)c1. The zero-order chi connectivity index (χ0) is 15.7. The first-order valence-corrected chi connectivity index (χ1v) is 7.89. The highest BCUT2D eigenvalue weighted by Crippen LogP contribution is 2.16. The van der Waals surface area contributed by atoms with Gasteiger partial charge in [-0.3, -0.25) is 4.79 Å². The second-order valence-corrected chi connectivity index (χ2v) is 5.93. The third kappa shape index (κ3) is 7.04. The summed E-state index contributed by atoms with van der Waals surface area (Å²) in [7, 11) is 0. The van der Waals surface area contributed by atoms with Crippen LogP contribution in [0.15, 0.2) is 18.2 Å². The first kappa shape index (κ1) is 17.4. The molecule has 1 aromatic rings. The maximum Gasteiger partial charge on any atom is 0.327 e. The van der Waals surface area contributed by atoms with Gasteiger partial charge >= 0.3 is 5.97 Å². The smallest absolute Gasteiger partial charge is 0.327 e. The van der Waals surface area contributed by atoms with Gasteiger partial charge in [-0.1, -0.05) is 6.07 Å². The van der Waals surface area contributed by atoms with E-state index >= 15 is 0 Å². The molecular weight excluding hydrogens is 290 g/mol. The molecule has 0 aliphatic carbocycles. The fourth-order valence-corrected chi connectivity index (χ4v) is 2.80. The lowest BCUT2D eigenvalue weighted by Crippen LogP contribution is -2.37. The van der Waals surface area contributed by atoms with Crippen LogP contribution in [-0.4, -0.2) is 41.6 Å². The third-order valence-corrected chi connectivity index (χ3v) is 3.90. The van der Waals surface area contributed by atoms with E-state index in [0.717, 1.165) is 17.9 Å². The summed E-state index contributed by atoms with van der Waals surface area (Å²) in [6.07, 6.45) is 1.24. The summed E-state index contributed by atoms with van der Waals surface area (Å²) in [4.78, 5) is 21.1. The molecule has 0 heterocycles. The van der Waals surface area contributed by atoms with Crippen molar-refractivity contribution >= 4 is 24.1 Å². The van der Waals surface area contributed by atoms with Crippen LogP contribution in [-0.2, 0) is 9.59 Å². The van der Waals surface area contributed by atoms with E-state index in [9.17, 15) is 9.59 Å². The molecule has 1 rings (SSSR count). The van der Waals surface area contributed by atoms with Crippen LogP contribution in [0, 0.1) is 13.8 Å². The second kappa shape index (κ2) is 9.28. The van der Waals surface area contributed by atoms with Crippen molar-refractivity contribution in [1.82, 2.24) is 5.32 Å². The Labute approximate surface area is 129 Å². The van der Waals surface area contributed by atoms with Gasteiger partial charge < -0.3 is 15.2 Å². The third-order valence-electron chi connectivity index (χ3n) is 2.75. The molecule has 0 aromatic heterocycles. The number of hydrogen-bond donors (Lipinski definition) is 2. The van der Waals surface area contributed by atoms with Crippen LogP contribution in [0.2, 0.25) is 0 Å². The van der Waals surface area contributed by atoms with Crippen molar-refractivity contribution in [2.24, 2.45) is 0 Å². The van der Waals surface area contributed by atoms with Crippen molar-refractivity contribution in [3.05, 3.63) is 29.3 Å². The van der Waals surface area contributed by atoms with E-state index in [2.05, 4.69) is 11.4 Å². The van der Waals surface area contributed by atoms with E-state index in [0.29, 0.717) is 18.8 Å². The quantitative estimate of drug-likeness (QED) is 0.510. The molecular formula is C15H21NO4S. The Hall–Kier alpha value is -1.69. The number of rotatable bonds is 10. The number of nitrogens with one attached hydrogen (secondary N) is 1. The van der Waals surface area contributed by atoms with Gasteiger partial charge in [-0.25, -0.2) is 4.79 Å². The minimum atomic E-state index is -1.01. The van der Waals surface area contributed by atoms with E-state index in [-0.39, 0.29) is 0 Å². The van der Waals surface area contributed by atoms with Crippen LogP contribution in [0.25, 0.3) is 0 Å². The Balaban J connectivity index is 2.19. The van der Waals surface area contributed by atoms with E-state index in [1.54, 1.807) is 0 Å². The molecule has 2 N–H and O–H groups in total. The number of benzene rings is 1. The lowest BCUT2D eigenvalue weighted by Gasteiger charge is -2.11. The molecule has 0 aliphatic rings. The predicted octanol–water partition coefficient (Wildman–Crippen LogP) is 2.00. The molecule has 0 saturated carbocycles. The van der Waals surface area contributed by atoms with Crippen molar-refractivity contribution in [3.8, 4) is 5.75 Å². The molecule has 1 aromatic carbocycles. The summed E-state index contributed by atoms with van der Waals surface area (Å²) < 4.78 is 5.67. The van der Waals surface area contributed by atoms with Crippen LogP contribution in [0.3, 0.4) is 0 Å². The van der Waals surface area contributed by atoms with Gasteiger partial charge in [0.2, 0.25) is 6.41 Å². The number of carbonyl (C=O) groups is 2. The number of aliphatic carboxylic acids is 1. The molecule has 6 heteroatoms. The Kier molecular flexibility index (Phi) is 7.68. The summed E-state index contributed by atoms with van der Waals surface area (Å²) in [5.41, 5.74) is 2.34. The van der Waals surface area contributed by atoms with E-state index < -0.39 is 12.0 Å². The number of ether oxygens (including phenoxy) is 1. The summed E-state index contributed by atoms with van der Waals surface area (Å²) in [6, 6.07) is 5.26. The number of aryl methyl sites for hydroxylation is 2. The second-order valence-electron chi connectivity index (χ2n) is 4.78. The largest absolute Gasteiger partial charge is 0.494 e. The van der Waals surface area contributed by atoms with Crippen LogP contribution in [0.5, 0.6) is 5.75 Å². The highest BCUT2D eigenvalue weighted by atomic mass is 32.2. The first-order chi connectivity index (χ1) is 10.0. The van der Waals surface area contributed by atoms with Gasteiger partial charge in [0.1, 0.15) is 11.8 Å². The molecule has 5 nitrogen and oxygen atoms in total. The average Bonchev–Trinajstić information content (AvgIpc) is 2.40. The molecule has 0 aliphatic heterocycles. The minimum absolute atomic E-state index is 0.359. The van der Waals surface area contributed by atoms with Crippen LogP contribution in [0.4, 0.5) is 0 Å². The zero-order valence-electron chi connectivity index (χ0n) is 12.3. The Morgan fingerprint density at radius 1 is 1.38 bits per heavy atom. The van der Waals surface area contributed by atoms with Gasteiger partial charge in [0.05, 0.1) is 6.61 Å². The maximum absolute atomic E-state index is 10.8. The van der Waals surface area contributed by atoms with Gasteiger partial charge in [0.15, 0.2) is 0 Å². The monoisotopic (exact) mass is 311 g/mol. The number of thioether (sulfide) groups is 1. The van der Waals surface area contributed by atoms with Crippen LogP contribution in [0.1, 0.15) is 17.5 Å². The van der Waals surface area contributed by atoms with E-state index in [4.69, 9.17) is 9.84 Å². The molecule has 0 bridgehead atoms. The topological polar surface area (TPSA) is 75.6 Å². The first-order valence-electron chi connectivity index (χ1n) is 6.74. The highest BCUT2D eigenvalue weighted by molar-refractivity contribution is 7.99. The molecule has 21 heavy (non-hydrogen) atoms. The lowest BCUT2D eigenvalue weighted by atomic mass is 10.1. The van der Waals surface area contributed by atoms with Crippen molar-refractivity contribution in [2.45, 2.75) is 26.3 Å². The predicted molar refractivity (Wildman–Crippen MR) is 84.0 cm³/mol. The number of amides is 1. The molecule has 1 atom stereocenters. The van der Waals surface area contributed by atoms with E-state index in [1.807, 2.05) is 26.0 Å². The Morgan fingerprint density at radius 3 is 2.62 bits per heavy atom. The van der Waals surface area contributed by atoms with Crippen molar-refractivity contribution in [2.75, 3.05) is 18.1 Å². The summed E-state index contributed by atoms with van der Waals surface area (Å²) in [6.45, 7) is 4.65. The standard InChI is InChI=1S/C15H21NO4S/c1-11-6-12(2)8-13(7-11)20-4-3-5-21-9-14(15(18)19)16-10-17/h6-8,10,14H,3-5,9H2,1-2H3,(H,16,17)(H,18,19). The van der Waals surface area contributed by atoms with Gasteiger partial charge in [-0.2, -0.15) is 11.8 Å². The molecule has 116 valence electrons. The lowest BCUT2D eigenvalue weighted by molar-refractivity contribution is -0.139. The summed E-state index contributed by atoms with van der Waals surface area (Å²) in [5.74, 6) is 0.997. The zero-order valence-corrected chi connectivity index (χ0v) is 13.1. The normalized spacial score (nSPS) is 11.7. The fourth-order valence-electron chi connectivity index (χ4n) is 1.84. The van der Waals surface area contributed by atoms with Gasteiger partial charge in [0.25, 0.3) is 0 Å². The molecule has 0 saturated heterocycles. The fraction of sp³-hybridized carbons (Fsp3) is 0.467.